The van der Waals surface area contributed by atoms with Crippen molar-refractivity contribution in [2.75, 3.05) is 0 Å². The van der Waals surface area contributed by atoms with E-state index in [1.165, 1.54) is 11.3 Å². The van der Waals surface area contributed by atoms with Crippen LogP contribution < -0.4 is 11.1 Å². The molecule has 0 spiro atoms. The SMILES string of the molecule is CC(NC(=O)C(N)c1cnn(C)c1)c1ccc(Cl)s1. The molecular formula is C12H15ClN4OS. The summed E-state index contributed by atoms with van der Waals surface area (Å²) in [5, 5.41) is 6.87. The number of halogens is 1. The maximum atomic E-state index is 12.0. The highest BCUT2D eigenvalue weighted by molar-refractivity contribution is 7.16. The number of nitrogens with two attached hydrogens (primary N) is 1. The van der Waals surface area contributed by atoms with E-state index in [1.807, 2.05) is 19.1 Å². The molecule has 2 aromatic heterocycles. The number of thiophene rings is 1. The van der Waals surface area contributed by atoms with E-state index in [9.17, 15) is 4.79 Å². The van der Waals surface area contributed by atoms with Crippen molar-refractivity contribution >= 4 is 28.8 Å². The third-order valence-corrected chi connectivity index (χ3v) is 4.16. The lowest BCUT2D eigenvalue weighted by Gasteiger charge is -2.15. The molecule has 0 saturated heterocycles. The number of amides is 1. The molecular weight excluding hydrogens is 284 g/mol. The van der Waals surface area contributed by atoms with Gasteiger partial charge in [0.1, 0.15) is 6.04 Å². The molecule has 2 atom stereocenters. The third-order valence-electron chi connectivity index (χ3n) is 2.75. The van der Waals surface area contributed by atoms with Crippen molar-refractivity contribution in [2.45, 2.75) is 19.0 Å². The molecule has 0 saturated carbocycles. The number of carbonyl (C=O) groups excluding carboxylic acids is 1. The topological polar surface area (TPSA) is 72.9 Å². The lowest BCUT2D eigenvalue weighted by molar-refractivity contribution is -0.123. The minimum absolute atomic E-state index is 0.118. The highest BCUT2D eigenvalue weighted by Crippen LogP contribution is 2.26. The average molecular weight is 299 g/mol. The normalized spacial score (nSPS) is 14.1. The van der Waals surface area contributed by atoms with Crippen LogP contribution in [0, 0.1) is 0 Å². The number of hydrogen-bond donors (Lipinski definition) is 2. The number of nitrogens with one attached hydrogen (secondary N) is 1. The molecule has 1 amide bonds. The van der Waals surface area contributed by atoms with Crippen LogP contribution in [0.2, 0.25) is 4.34 Å². The van der Waals surface area contributed by atoms with Crippen molar-refractivity contribution in [3.05, 3.63) is 39.3 Å². The second-order valence-electron chi connectivity index (χ2n) is 4.30. The molecule has 7 heteroatoms. The van der Waals surface area contributed by atoms with Crippen LogP contribution in [0.15, 0.2) is 24.5 Å². The van der Waals surface area contributed by atoms with Crippen LogP contribution in [0.25, 0.3) is 0 Å². The largest absolute Gasteiger partial charge is 0.347 e. The van der Waals surface area contributed by atoms with Crippen LogP contribution in [0.4, 0.5) is 0 Å². The van der Waals surface area contributed by atoms with E-state index < -0.39 is 6.04 Å². The van der Waals surface area contributed by atoms with Gasteiger partial charge in [0.25, 0.3) is 0 Å². The summed E-state index contributed by atoms with van der Waals surface area (Å²) in [4.78, 5) is 13.0. The molecule has 0 aromatic carbocycles. The molecule has 0 aliphatic carbocycles. The van der Waals surface area contributed by atoms with Crippen molar-refractivity contribution in [1.29, 1.82) is 0 Å². The van der Waals surface area contributed by atoms with E-state index >= 15 is 0 Å². The summed E-state index contributed by atoms with van der Waals surface area (Å²) in [5.74, 6) is -0.231. The Labute approximate surface area is 120 Å². The zero-order valence-electron chi connectivity index (χ0n) is 10.6. The molecule has 3 N–H and O–H groups in total. The van der Waals surface area contributed by atoms with E-state index in [-0.39, 0.29) is 11.9 Å². The molecule has 2 rings (SSSR count). The quantitative estimate of drug-likeness (QED) is 0.907. The molecule has 0 fully saturated rings. The Morgan fingerprint density at radius 2 is 2.32 bits per heavy atom. The fourth-order valence-electron chi connectivity index (χ4n) is 1.69. The summed E-state index contributed by atoms with van der Waals surface area (Å²) in [6, 6.07) is 2.87. The lowest BCUT2D eigenvalue weighted by atomic mass is 10.1. The van der Waals surface area contributed by atoms with Crippen LogP contribution in [-0.4, -0.2) is 15.7 Å². The average Bonchev–Trinajstić information content (AvgIpc) is 2.97. The Kier molecular flexibility index (Phi) is 4.24. The first-order chi connectivity index (χ1) is 8.97. The highest BCUT2D eigenvalue weighted by atomic mass is 35.5. The number of nitrogens with zero attached hydrogens (tertiary/aromatic N) is 2. The summed E-state index contributed by atoms with van der Waals surface area (Å²) in [6.45, 7) is 1.90. The fraction of sp³-hybridized carbons (Fsp3) is 0.333. The molecule has 0 radical (unpaired) electrons. The zero-order valence-corrected chi connectivity index (χ0v) is 12.2. The van der Waals surface area contributed by atoms with Gasteiger partial charge in [-0.3, -0.25) is 9.48 Å². The predicted octanol–water partition coefficient (Wildman–Crippen LogP) is 2.01. The van der Waals surface area contributed by atoms with Crippen molar-refractivity contribution in [1.82, 2.24) is 15.1 Å². The molecule has 19 heavy (non-hydrogen) atoms. The van der Waals surface area contributed by atoms with Crippen LogP contribution in [0.5, 0.6) is 0 Å². The smallest absolute Gasteiger partial charge is 0.242 e. The lowest BCUT2D eigenvalue weighted by Crippen LogP contribution is -2.35. The monoisotopic (exact) mass is 298 g/mol. The number of rotatable bonds is 4. The van der Waals surface area contributed by atoms with Crippen molar-refractivity contribution < 1.29 is 4.79 Å². The van der Waals surface area contributed by atoms with Crippen LogP contribution in [-0.2, 0) is 11.8 Å². The van der Waals surface area contributed by atoms with Gasteiger partial charge >= 0.3 is 0 Å². The molecule has 0 aliphatic rings. The number of hydrogen-bond acceptors (Lipinski definition) is 4. The molecule has 0 aliphatic heterocycles. The summed E-state index contributed by atoms with van der Waals surface area (Å²) in [5.41, 5.74) is 6.59. The van der Waals surface area contributed by atoms with Gasteiger partial charge in [-0.25, -0.2) is 0 Å². The van der Waals surface area contributed by atoms with Crippen molar-refractivity contribution in [2.24, 2.45) is 12.8 Å². The van der Waals surface area contributed by atoms with E-state index in [1.54, 1.807) is 24.1 Å². The van der Waals surface area contributed by atoms with Gasteiger partial charge in [-0.15, -0.1) is 11.3 Å². The van der Waals surface area contributed by atoms with Gasteiger partial charge in [0.2, 0.25) is 5.91 Å². The summed E-state index contributed by atoms with van der Waals surface area (Å²) in [7, 11) is 1.78. The zero-order chi connectivity index (χ0) is 14.0. The second-order valence-corrected chi connectivity index (χ2v) is 6.04. The van der Waals surface area contributed by atoms with Gasteiger partial charge in [0.15, 0.2) is 0 Å². The van der Waals surface area contributed by atoms with E-state index in [2.05, 4.69) is 10.4 Å². The third kappa shape index (κ3) is 3.34. The van der Waals surface area contributed by atoms with E-state index in [0.29, 0.717) is 9.90 Å². The van der Waals surface area contributed by atoms with E-state index in [0.717, 1.165) is 4.88 Å². The van der Waals surface area contributed by atoms with Gasteiger partial charge in [0.05, 0.1) is 16.6 Å². The van der Waals surface area contributed by atoms with Gasteiger partial charge in [-0.2, -0.15) is 5.10 Å². The molecule has 102 valence electrons. The van der Waals surface area contributed by atoms with Gasteiger partial charge in [0, 0.05) is 23.7 Å². The van der Waals surface area contributed by atoms with Crippen LogP contribution in [0.3, 0.4) is 0 Å². The van der Waals surface area contributed by atoms with Crippen LogP contribution >= 0.6 is 22.9 Å². The summed E-state index contributed by atoms with van der Waals surface area (Å²) >= 11 is 7.32. The Hall–Kier alpha value is -1.37. The van der Waals surface area contributed by atoms with Gasteiger partial charge in [-0.1, -0.05) is 11.6 Å². The van der Waals surface area contributed by atoms with Crippen molar-refractivity contribution in [3.8, 4) is 0 Å². The van der Waals surface area contributed by atoms with Gasteiger partial charge in [-0.05, 0) is 19.1 Å². The Morgan fingerprint density at radius 3 is 2.84 bits per heavy atom. The standard InChI is InChI=1S/C12H15ClN4OS/c1-7(9-3-4-10(13)19-9)16-12(18)11(14)8-5-15-17(2)6-8/h3-7,11H,14H2,1-2H3,(H,16,18). The predicted molar refractivity (Wildman–Crippen MR) is 76.0 cm³/mol. The minimum Gasteiger partial charge on any atom is -0.347 e. The Balaban J connectivity index is 2.01. The molecule has 2 unspecified atom stereocenters. The second kappa shape index (κ2) is 5.73. The van der Waals surface area contributed by atoms with Gasteiger partial charge < -0.3 is 11.1 Å². The molecule has 2 aromatic rings. The first kappa shape index (κ1) is 14.0. The fourth-order valence-corrected chi connectivity index (χ4v) is 2.75. The highest BCUT2D eigenvalue weighted by Gasteiger charge is 2.20. The molecule has 0 bridgehead atoms. The number of aromatic nitrogens is 2. The van der Waals surface area contributed by atoms with Crippen molar-refractivity contribution in [3.63, 3.8) is 0 Å². The number of carbonyl (C=O) groups is 1. The Bertz CT molecular complexity index is 580. The first-order valence-corrected chi connectivity index (χ1v) is 6.96. The van der Waals surface area contributed by atoms with Crippen LogP contribution in [0.1, 0.15) is 29.4 Å². The summed E-state index contributed by atoms with van der Waals surface area (Å²) < 4.78 is 2.32. The molecule has 5 nitrogen and oxygen atoms in total. The maximum Gasteiger partial charge on any atom is 0.242 e. The first-order valence-electron chi connectivity index (χ1n) is 5.77. The maximum absolute atomic E-state index is 12.0. The number of aryl methyl sites for hydroxylation is 1. The van der Waals surface area contributed by atoms with E-state index in [4.69, 9.17) is 17.3 Å². The minimum atomic E-state index is -0.716. The summed E-state index contributed by atoms with van der Waals surface area (Å²) in [6.07, 6.45) is 3.33. The Morgan fingerprint density at radius 1 is 1.58 bits per heavy atom. The molecule has 2 heterocycles.